The molecule has 1 atom stereocenters. The summed E-state index contributed by atoms with van der Waals surface area (Å²) in [6, 6.07) is 0.401. The van der Waals surface area contributed by atoms with Crippen LogP contribution in [0.2, 0.25) is 0 Å². The van der Waals surface area contributed by atoms with Crippen LogP contribution in [0.15, 0.2) is 17.2 Å². The largest absolute Gasteiger partial charge is 0.378 e. The molecule has 2 fully saturated rings. The summed E-state index contributed by atoms with van der Waals surface area (Å²) in [4.78, 5) is 16.3. The third kappa shape index (κ3) is 3.15. The van der Waals surface area contributed by atoms with Crippen molar-refractivity contribution < 1.29 is 4.74 Å². The SMILES string of the molecule is O=c1c(NCCC2CCCCO2)nccn1C1CC1. The lowest BCUT2D eigenvalue weighted by Gasteiger charge is -2.22. The number of nitrogens with zero attached hydrogens (tertiary/aromatic N) is 2. The molecule has 19 heavy (non-hydrogen) atoms. The lowest BCUT2D eigenvalue weighted by molar-refractivity contribution is 0.0134. The van der Waals surface area contributed by atoms with Gasteiger partial charge in [-0.2, -0.15) is 0 Å². The van der Waals surface area contributed by atoms with E-state index >= 15 is 0 Å². The Hall–Kier alpha value is -1.36. The monoisotopic (exact) mass is 263 g/mol. The summed E-state index contributed by atoms with van der Waals surface area (Å²) in [5.41, 5.74) is 0.00885. The van der Waals surface area contributed by atoms with E-state index < -0.39 is 0 Å². The standard InChI is InChI=1S/C14H21N3O2/c18-14-13(16-8-9-17(14)11-4-5-11)15-7-6-12-3-1-2-10-19-12/h8-9,11-12H,1-7,10H2,(H,15,16). The maximum absolute atomic E-state index is 12.1. The topological polar surface area (TPSA) is 56.1 Å². The molecule has 2 aliphatic rings. The fraction of sp³-hybridized carbons (Fsp3) is 0.714. The number of nitrogens with one attached hydrogen (secondary N) is 1. The minimum Gasteiger partial charge on any atom is -0.378 e. The van der Waals surface area contributed by atoms with Crippen molar-refractivity contribution >= 4 is 5.82 Å². The van der Waals surface area contributed by atoms with Crippen LogP contribution in [0.5, 0.6) is 0 Å². The van der Waals surface area contributed by atoms with Gasteiger partial charge in [0, 0.05) is 31.6 Å². The Morgan fingerprint density at radius 1 is 1.37 bits per heavy atom. The summed E-state index contributed by atoms with van der Waals surface area (Å²) in [7, 11) is 0. The second-order valence-corrected chi connectivity index (χ2v) is 5.42. The molecule has 3 rings (SSSR count). The highest BCUT2D eigenvalue weighted by Gasteiger charge is 2.25. The highest BCUT2D eigenvalue weighted by molar-refractivity contribution is 5.31. The molecular formula is C14H21N3O2. The van der Waals surface area contributed by atoms with Crippen LogP contribution in [0.3, 0.4) is 0 Å². The van der Waals surface area contributed by atoms with Crippen molar-refractivity contribution in [2.24, 2.45) is 0 Å². The molecule has 0 spiro atoms. The van der Waals surface area contributed by atoms with Crippen molar-refractivity contribution in [3.8, 4) is 0 Å². The first kappa shape index (κ1) is 12.7. The molecule has 1 aromatic rings. The first-order valence-corrected chi connectivity index (χ1v) is 7.27. The van der Waals surface area contributed by atoms with Gasteiger partial charge in [-0.3, -0.25) is 4.79 Å². The Morgan fingerprint density at radius 3 is 3.00 bits per heavy atom. The summed E-state index contributed by atoms with van der Waals surface area (Å²) in [5, 5.41) is 3.16. The molecular weight excluding hydrogens is 242 g/mol. The van der Waals surface area contributed by atoms with E-state index in [1.54, 1.807) is 17.0 Å². The Kier molecular flexibility index (Phi) is 3.82. The molecule has 2 heterocycles. The van der Waals surface area contributed by atoms with Gasteiger partial charge in [0.05, 0.1) is 6.10 Å². The Morgan fingerprint density at radius 2 is 2.26 bits per heavy atom. The molecule has 5 nitrogen and oxygen atoms in total. The zero-order valence-corrected chi connectivity index (χ0v) is 11.2. The quantitative estimate of drug-likeness (QED) is 0.882. The highest BCUT2D eigenvalue weighted by atomic mass is 16.5. The van der Waals surface area contributed by atoms with Crippen LogP contribution in [-0.2, 0) is 4.74 Å². The molecule has 5 heteroatoms. The van der Waals surface area contributed by atoms with E-state index in [-0.39, 0.29) is 5.56 Å². The van der Waals surface area contributed by atoms with Crippen LogP contribution in [-0.4, -0.2) is 28.8 Å². The van der Waals surface area contributed by atoms with E-state index in [0.29, 0.717) is 18.0 Å². The first-order chi connectivity index (χ1) is 9.34. The third-order valence-electron chi connectivity index (χ3n) is 3.84. The molecule has 0 radical (unpaired) electrons. The minimum atomic E-state index is 0.00885. The molecule has 1 aromatic heterocycles. The van der Waals surface area contributed by atoms with Gasteiger partial charge in [-0.1, -0.05) is 0 Å². The van der Waals surface area contributed by atoms with Gasteiger partial charge in [0.15, 0.2) is 5.82 Å². The lowest BCUT2D eigenvalue weighted by Crippen LogP contribution is -2.26. The zero-order chi connectivity index (χ0) is 13.1. The number of hydrogen-bond donors (Lipinski definition) is 1. The molecule has 1 saturated heterocycles. The van der Waals surface area contributed by atoms with Gasteiger partial charge in [-0.05, 0) is 38.5 Å². The van der Waals surface area contributed by atoms with Crippen LogP contribution in [0.1, 0.15) is 44.6 Å². The zero-order valence-electron chi connectivity index (χ0n) is 11.2. The van der Waals surface area contributed by atoms with Gasteiger partial charge in [-0.15, -0.1) is 0 Å². The van der Waals surface area contributed by atoms with E-state index in [9.17, 15) is 4.79 Å². The summed E-state index contributed by atoms with van der Waals surface area (Å²) < 4.78 is 7.47. The Labute approximate surface area is 113 Å². The van der Waals surface area contributed by atoms with Crippen molar-refractivity contribution in [2.45, 2.75) is 50.7 Å². The van der Waals surface area contributed by atoms with Crippen LogP contribution < -0.4 is 10.9 Å². The van der Waals surface area contributed by atoms with Crippen molar-refractivity contribution in [3.63, 3.8) is 0 Å². The van der Waals surface area contributed by atoms with E-state index in [1.807, 2.05) is 0 Å². The third-order valence-corrected chi connectivity index (χ3v) is 3.84. The van der Waals surface area contributed by atoms with Gasteiger partial charge >= 0.3 is 0 Å². The van der Waals surface area contributed by atoms with Crippen LogP contribution in [0.25, 0.3) is 0 Å². The van der Waals surface area contributed by atoms with Crippen molar-refractivity contribution in [1.29, 1.82) is 0 Å². The molecule has 1 aliphatic heterocycles. The minimum absolute atomic E-state index is 0.00885. The smallest absolute Gasteiger partial charge is 0.293 e. The van der Waals surface area contributed by atoms with Gasteiger partial charge in [0.2, 0.25) is 0 Å². The average molecular weight is 263 g/mol. The fourth-order valence-electron chi connectivity index (χ4n) is 2.57. The van der Waals surface area contributed by atoms with E-state index in [4.69, 9.17) is 4.74 Å². The van der Waals surface area contributed by atoms with Crippen molar-refractivity contribution in [2.75, 3.05) is 18.5 Å². The van der Waals surface area contributed by atoms with Gasteiger partial charge in [0.25, 0.3) is 5.56 Å². The van der Waals surface area contributed by atoms with Crippen LogP contribution in [0, 0.1) is 0 Å². The van der Waals surface area contributed by atoms with Crippen molar-refractivity contribution in [1.82, 2.24) is 9.55 Å². The van der Waals surface area contributed by atoms with Crippen LogP contribution in [0.4, 0.5) is 5.82 Å². The van der Waals surface area contributed by atoms with E-state index in [1.165, 1.54) is 12.8 Å². The summed E-state index contributed by atoms with van der Waals surface area (Å²) >= 11 is 0. The molecule has 1 saturated carbocycles. The Bertz CT molecular complexity index is 476. The molecule has 1 aliphatic carbocycles. The summed E-state index contributed by atoms with van der Waals surface area (Å²) in [6.45, 7) is 1.63. The maximum atomic E-state index is 12.1. The molecule has 1 unspecified atom stereocenters. The average Bonchev–Trinajstić information content (AvgIpc) is 3.26. The number of rotatable bonds is 5. The van der Waals surface area contributed by atoms with Gasteiger partial charge in [0.1, 0.15) is 0 Å². The second kappa shape index (κ2) is 5.74. The van der Waals surface area contributed by atoms with E-state index in [0.717, 1.165) is 38.8 Å². The number of ether oxygens (including phenoxy) is 1. The van der Waals surface area contributed by atoms with E-state index in [2.05, 4.69) is 10.3 Å². The molecule has 0 aromatic carbocycles. The summed E-state index contributed by atoms with van der Waals surface area (Å²) in [5.74, 6) is 0.477. The fourth-order valence-corrected chi connectivity index (χ4v) is 2.57. The molecule has 1 N–H and O–H groups in total. The number of aromatic nitrogens is 2. The molecule has 0 bridgehead atoms. The number of hydrogen-bond acceptors (Lipinski definition) is 4. The summed E-state index contributed by atoms with van der Waals surface area (Å²) in [6.07, 6.45) is 10.6. The maximum Gasteiger partial charge on any atom is 0.293 e. The number of anilines is 1. The first-order valence-electron chi connectivity index (χ1n) is 7.27. The van der Waals surface area contributed by atoms with Crippen molar-refractivity contribution in [3.05, 3.63) is 22.7 Å². The normalized spacial score (nSPS) is 23.3. The second-order valence-electron chi connectivity index (χ2n) is 5.42. The molecule has 104 valence electrons. The van der Waals surface area contributed by atoms with Crippen LogP contribution >= 0.6 is 0 Å². The molecule has 0 amide bonds. The lowest BCUT2D eigenvalue weighted by atomic mass is 10.1. The van der Waals surface area contributed by atoms with Gasteiger partial charge < -0.3 is 14.6 Å². The highest BCUT2D eigenvalue weighted by Crippen LogP contribution is 2.33. The predicted octanol–water partition coefficient (Wildman–Crippen LogP) is 1.95. The Balaban J connectivity index is 1.54. The predicted molar refractivity (Wildman–Crippen MR) is 73.5 cm³/mol. The van der Waals surface area contributed by atoms with Gasteiger partial charge in [-0.25, -0.2) is 4.98 Å².